The third-order valence-corrected chi connectivity index (χ3v) is 16.8. The summed E-state index contributed by atoms with van der Waals surface area (Å²) >= 11 is 6.47. The number of amides is 2. The third-order valence-electron chi connectivity index (χ3n) is 16.5. The van der Waals surface area contributed by atoms with Crippen LogP contribution >= 0.6 is 11.6 Å². The molecule has 4 aliphatic carbocycles. The number of methoxy groups -OCH3 is 1. The number of aromatic nitrogens is 4. The van der Waals surface area contributed by atoms with E-state index in [0.717, 1.165) is 108 Å². The number of imidazole rings is 2. The van der Waals surface area contributed by atoms with E-state index in [1.807, 2.05) is 39.5 Å². The van der Waals surface area contributed by atoms with Crippen molar-refractivity contribution in [2.24, 2.45) is 11.8 Å². The van der Waals surface area contributed by atoms with Gasteiger partial charge in [-0.15, -0.1) is 0 Å². The smallest absolute Gasteiger partial charge is 0.249 e. The van der Waals surface area contributed by atoms with Crippen molar-refractivity contribution in [1.29, 1.82) is 0 Å². The predicted molar refractivity (Wildman–Crippen MR) is 269 cm³/mol. The predicted octanol–water partition coefficient (Wildman–Crippen LogP) is 12.3. The average Bonchev–Trinajstić information content (AvgIpc) is 3.95. The summed E-state index contributed by atoms with van der Waals surface area (Å²) in [4.78, 5) is 45.7. The first-order valence-electron chi connectivity index (χ1n) is 26.1. The van der Waals surface area contributed by atoms with Gasteiger partial charge in [0.05, 0.1) is 22.1 Å². The van der Waals surface area contributed by atoms with Crippen molar-refractivity contribution in [1.82, 2.24) is 29.7 Å². The van der Waals surface area contributed by atoms with Crippen molar-refractivity contribution in [3.8, 4) is 0 Å². The van der Waals surface area contributed by atoms with Gasteiger partial charge in [0.15, 0.2) is 11.1 Å². The molecule has 70 heavy (non-hydrogen) atoms. The maximum atomic E-state index is 17.6. The first-order chi connectivity index (χ1) is 34.1. The molecule has 2 amide bonds. The minimum atomic E-state index is -1.94. The van der Waals surface area contributed by atoms with Gasteiger partial charge in [0.25, 0.3) is 0 Å². The molecule has 4 unspecified atom stereocenters. The maximum Gasteiger partial charge on any atom is 0.249 e. The standard InChI is InChI=1S/C57H67ClF2N6O4/c1-70-51(38-17-7-2-8-18-38)53-64-47-36-43(60)32-34-49(47)66(53)57(40-21-11-4-12-22-40,55(69)62-45-25-15-6-16-26-45)56(39-19-9-3-10-20-39,54(68)61-44-23-13-5-14-24-44)65-48-33-31-42(59)35-46(48)63-52(65)50(67)37-27-29-41(58)30-28-37/h2,7-8,17-18,27-36,39-40,44-45,50-51,67H,3-6,9-16,19-26H2,1H3,(H,61,68)(H,62,69). The third kappa shape index (κ3) is 8.73. The molecule has 3 N–H and O–H groups in total. The highest BCUT2D eigenvalue weighted by Crippen LogP contribution is 2.59. The summed E-state index contributed by atoms with van der Waals surface area (Å²) in [5.41, 5.74) is -1.14. The molecular formula is C57H67ClF2N6O4. The summed E-state index contributed by atoms with van der Waals surface area (Å²) in [6, 6.07) is 25.2. The van der Waals surface area contributed by atoms with Crippen LogP contribution in [-0.4, -0.2) is 55.2 Å². The van der Waals surface area contributed by atoms with Crippen molar-refractivity contribution in [2.45, 2.75) is 164 Å². The number of fused-ring (bicyclic) bond motifs is 2. The van der Waals surface area contributed by atoms with E-state index in [0.29, 0.717) is 58.6 Å². The molecule has 0 aliphatic heterocycles. The summed E-state index contributed by atoms with van der Waals surface area (Å²) in [7, 11) is 1.62. The number of halogens is 3. The lowest BCUT2D eigenvalue weighted by atomic mass is 9.55. The molecule has 0 saturated heterocycles. The molecule has 370 valence electrons. The highest BCUT2D eigenvalue weighted by molar-refractivity contribution is 6.30. The van der Waals surface area contributed by atoms with Gasteiger partial charge in [-0.1, -0.05) is 131 Å². The molecule has 6 aromatic rings. The number of rotatable bonds is 14. The van der Waals surface area contributed by atoms with Crippen LogP contribution < -0.4 is 10.6 Å². The number of nitrogens with zero attached hydrogens (tertiary/aromatic N) is 4. The molecule has 0 bridgehead atoms. The highest BCUT2D eigenvalue weighted by Gasteiger charge is 2.71. The number of carbonyl (C=O) groups is 2. The van der Waals surface area contributed by atoms with Gasteiger partial charge >= 0.3 is 0 Å². The van der Waals surface area contributed by atoms with Crippen LogP contribution in [0.4, 0.5) is 8.78 Å². The van der Waals surface area contributed by atoms with Gasteiger partial charge < -0.3 is 29.6 Å². The fourth-order valence-electron chi connectivity index (χ4n) is 13.4. The molecule has 2 heterocycles. The molecule has 4 fully saturated rings. The topological polar surface area (TPSA) is 123 Å². The Labute approximate surface area is 414 Å². The molecule has 13 heteroatoms. The Hall–Kier alpha value is -5.17. The Kier molecular flexibility index (Phi) is 14.5. The summed E-state index contributed by atoms with van der Waals surface area (Å²) in [6.45, 7) is 0. The maximum absolute atomic E-state index is 17.6. The Bertz CT molecular complexity index is 2780. The molecular weight excluding hydrogens is 906 g/mol. The van der Waals surface area contributed by atoms with Crippen LogP contribution in [0.1, 0.15) is 163 Å². The second-order valence-corrected chi connectivity index (χ2v) is 21.1. The quantitative estimate of drug-likeness (QED) is 0.0999. The summed E-state index contributed by atoms with van der Waals surface area (Å²) in [5, 5.41) is 21.0. The largest absolute Gasteiger partial charge is 0.380 e. The van der Waals surface area contributed by atoms with Crippen LogP contribution in [0.2, 0.25) is 5.02 Å². The van der Waals surface area contributed by atoms with Gasteiger partial charge in [0.1, 0.15) is 35.5 Å². The number of aliphatic hydroxyl groups excluding tert-OH is 1. The van der Waals surface area contributed by atoms with Crippen molar-refractivity contribution in [3.05, 3.63) is 130 Å². The molecule has 10 rings (SSSR count). The Balaban J connectivity index is 1.43. The lowest BCUT2D eigenvalue weighted by Gasteiger charge is -2.59. The van der Waals surface area contributed by atoms with E-state index in [1.165, 1.54) is 24.3 Å². The normalized spacial score (nSPS) is 20.7. The van der Waals surface area contributed by atoms with Crippen LogP contribution in [-0.2, 0) is 25.4 Å². The molecule has 0 spiro atoms. The average molecular weight is 974 g/mol. The minimum absolute atomic E-state index is 0.112. The van der Waals surface area contributed by atoms with Crippen molar-refractivity contribution in [2.75, 3.05) is 7.11 Å². The zero-order valence-corrected chi connectivity index (χ0v) is 41.1. The van der Waals surface area contributed by atoms with Crippen LogP contribution in [0.25, 0.3) is 22.1 Å². The van der Waals surface area contributed by atoms with E-state index in [4.69, 9.17) is 26.3 Å². The van der Waals surface area contributed by atoms with E-state index >= 15 is 18.4 Å². The van der Waals surface area contributed by atoms with Gasteiger partial charge in [0.2, 0.25) is 11.8 Å². The lowest BCUT2D eigenvalue weighted by Crippen LogP contribution is -2.76. The van der Waals surface area contributed by atoms with E-state index < -0.39 is 46.8 Å². The Morgan fingerprint density at radius 1 is 0.600 bits per heavy atom. The zero-order chi connectivity index (χ0) is 48.4. The number of hydrogen-bond donors (Lipinski definition) is 3. The van der Waals surface area contributed by atoms with E-state index in [-0.39, 0.29) is 35.2 Å². The zero-order valence-electron chi connectivity index (χ0n) is 40.4. The SMILES string of the molecule is COC(c1ccccc1)c1nc2cc(F)ccc2n1C(C(=O)NC1CCCCC1)(C1CCCCC1)C(C(=O)NC1CCCCC1)(C1CCCCC1)n1c(C(O)c2ccc(Cl)cc2)nc2cc(F)ccc21. The van der Waals surface area contributed by atoms with E-state index in [1.54, 1.807) is 43.5 Å². The molecule has 4 aliphatic rings. The van der Waals surface area contributed by atoms with Crippen LogP contribution in [0.5, 0.6) is 0 Å². The van der Waals surface area contributed by atoms with Gasteiger partial charge in [0, 0.05) is 36.3 Å². The summed E-state index contributed by atoms with van der Waals surface area (Å²) in [5.74, 6) is -2.25. The first-order valence-corrected chi connectivity index (χ1v) is 26.5. The first kappa shape index (κ1) is 48.5. The Morgan fingerprint density at radius 3 is 1.49 bits per heavy atom. The summed E-state index contributed by atoms with van der Waals surface area (Å²) in [6.07, 6.45) is 14.1. The fourth-order valence-corrected chi connectivity index (χ4v) is 13.6. The van der Waals surface area contributed by atoms with Crippen molar-refractivity contribution >= 4 is 45.5 Å². The lowest BCUT2D eigenvalue weighted by molar-refractivity contribution is -0.165. The number of aliphatic hydroxyl groups is 1. The molecule has 0 radical (unpaired) electrons. The Morgan fingerprint density at radius 2 is 1.03 bits per heavy atom. The van der Waals surface area contributed by atoms with Gasteiger partial charge in [-0.3, -0.25) is 9.59 Å². The van der Waals surface area contributed by atoms with Crippen LogP contribution in [0.15, 0.2) is 91.0 Å². The van der Waals surface area contributed by atoms with E-state index in [2.05, 4.69) is 10.6 Å². The number of benzene rings is 4. The van der Waals surface area contributed by atoms with Gasteiger partial charge in [-0.25, -0.2) is 18.7 Å². The molecule has 10 nitrogen and oxygen atoms in total. The highest BCUT2D eigenvalue weighted by atomic mass is 35.5. The van der Waals surface area contributed by atoms with Gasteiger partial charge in [-0.05, 0) is 111 Å². The van der Waals surface area contributed by atoms with Crippen molar-refractivity contribution < 1.29 is 28.2 Å². The monoisotopic (exact) mass is 972 g/mol. The molecule has 4 aromatic carbocycles. The number of carbonyl (C=O) groups excluding carboxylic acids is 2. The van der Waals surface area contributed by atoms with Gasteiger partial charge in [-0.2, -0.15) is 0 Å². The number of hydrogen-bond acceptors (Lipinski definition) is 6. The second kappa shape index (κ2) is 20.9. The second-order valence-electron chi connectivity index (χ2n) is 20.7. The summed E-state index contributed by atoms with van der Waals surface area (Å²) < 4.78 is 42.2. The van der Waals surface area contributed by atoms with Crippen LogP contribution in [0, 0.1) is 23.5 Å². The minimum Gasteiger partial charge on any atom is -0.380 e. The molecule has 4 atom stereocenters. The molecule has 2 aromatic heterocycles. The van der Waals surface area contributed by atoms with E-state index in [9.17, 15) is 5.11 Å². The number of nitrogens with one attached hydrogen (secondary N) is 2. The van der Waals surface area contributed by atoms with Crippen LogP contribution in [0.3, 0.4) is 0 Å². The van der Waals surface area contributed by atoms with Crippen molar-refractivity contribution in [3.63, 3.8) is 0 Å². The molecule has 4 saturated carbocycles. The fraction of sp³-hybridized carbons (Fsp3) is 0.509. The number of ether oxygens (including phenoxy) is 1.